The van der Waals surface area contributed by atoms with Crippen LogP contribution in [0.2, 0.25) is 0 Å². The van der Waals surface area contributed by atoms with Crippen LogP contribution in [0.15, 0.2) is 18.2 Å². The van der Waals surface area contributed by atoms with Crippen LogP contribution in [-0.4, -0.2) is 27.1 Å². The Bertz CT molecular complexity index is 424. The van der Waals surface area contributed by atoms with Gasteiger partial charge in [-0.3, -0.25) is 4.79 Å². The number of phenols is 1. The number of aliphatic hydroxyl groups excluding tert-OH is 1. The quantitative estimate of drug-likeness (QED) is 0.666. The van der Waals surface area contributed by atoms with Crippen LogP contribution in [0.5, 0.6) is 5.75 Å². The minimum absolute atomic E-state index is 0.00264. The standard InChI is InChI=1S/C11H12O5/c1-2-9(13)8-5-6(12)3-4-7(8)10(14)11(15)16/h3-5,10,12,14H,2H2,1H3,(H,15,16). The first kappa shape index (κ1) is 12.2. The summed E-state index contributed by atoms with van der Waals surface area (Å²) in [5, 5.41) is 27.3. The van der Waals surface area contributed by atoms with Crippen LogP contribution in [0, 0.1) is 0 Å². The highest BCUT2D eigenvalue weighted by molar-refractivity contribution is 5.98. The number of carboxylic acid groups (broad SMARTS) is 1. The zero-order valence-electron chi connectivity index (χ0n) is 8.67. The normalized spacial score (nSPS) is 12.1. The molecule has 1 aromatic carbocycles. The molecule has 1 aromatic rings. The number of aliphatic carboxylic acids is 1. The van der Waals surface area contributed by atoms with Gasteiger partial charge in [-0.05, 0) is 12.1 Å². The highest BCUT2D eigenvalue weighted by Gasteiger charge is 2.22. The van der Waals surface area contributed by atoms with E-state index in [2.05, 4.69) is 0 Å². The van der Waals surface area contributed by atoms with Gasteiger partial charge in [0.1, 0.15) is 5.75 Å². The Morgan fingerprint density at radius 1 is 1.38 bits per heavy atom. The number of benzene rings is 1. The van der Waals surface area contributed by atoms with Crippen LogP contribution in [0.25, 0.3) is 0 Å². The average molecular weight is 224 g/mol. The third kappa shape index (κ3) is 2.38. The highest BCUT2D eigenvalue weighted by atomic mass is 16.4. The number of carbonyl (C=O) groups excluding carboxylic acids is 1. The molecule has 86 valence electrons. The molecular formula is C11H12O5. The van der Waals surface area contributed by atoms with Gasteiger partial charge in [-0.25, -0.2) is 4.79 Å². The molecule has 1 unspecified atom stereocenters. The third-order valence-corrected chi connectivity index (χ3v) is 2.19. The number of carboxylic acids is 1. The van der Waals surface area contributed by atoms with E-state index in [9.17, 15) is 19.8 Å². The van der Waals surface area contributed by atoms with Gasteiger partial charge >= 0.3 is 5.97 Å². The van der Waals surface area contributed by atoms with Gasteiger partial charge in [0.2, 0.25) is 0 Å². The predicted octanol–water partition coefficient (Wildman–Crippen LogP) is 1.10. The summed E-state index contributed by atoms with van der Waals surface area (Å²) < 4.78 is 0. The fourth-order valence-electron chi connectivity index (χ4n) is 1.35. The Hall–Kier alpha value is -1.88. The van der Waals surface area contributed by atoms with Gasteiger partial charge in [-0.1, -0.05) is 13.0 Å². The number of rotatable bonds is 4. The Kier molecular flexibility index (Phi) is 3.63. The topological polar surface area (TPSA) is 94.8 Å². The number of Topliss-reactive ketones (excluding diaryl/α,β-unsaturated/α-hetero) is 1. The van der Waals surface area contributed by atoms with E-state index in [-0.39, 0.29) is 29.1 Å². The molecule has 0 amide bonds. The van der Waals surface area contributed by atoms with Crippen molar-refractivity contribution in [1.29, 1.82) is 0 Å². The number of aliphatic hydroxyl groups is 1. The van der Waals surface area contributed by atoms with Gasteiger partial charge in [0.05, 0.1) is 0 Å². The number of phenolic OH excluding ortho intramolecular Hbond substituents is 1. The van der Waals surface area contributed by atoms with Crippen molar-refractivity contribution < 1.29 is 24.9 Å². The molecule has 0 heterocycles. The summed E-state index contributed by atoms with van der Waals surface area (Å²) >= 11 is 0. The molecule has 0 aliphatic rings. The molecule has 1 rings (SSSR count). The van der Waals surface area contributed by atoms with Gasteiger partial charge in [0, 0.05) is 17.5 Å². The first-order valence-corrected chi connectivity index (χ1v) is 4.74. The lowest BCUT2D eigenvalue weighted by Gasteiger charge is -2.11. The second-order valence-electron chi connectivity index (χ2n) is 3.29. The molecule has 3 N–H and O–H groups in total. The first-order chi connectivity index (χ1) is 7.47. The van der Waals surface area contributed by atoms with E-state index < -0.39 is 12.1 Å². The van der Waals surface area contributed by atoms with Crippen molar-refractivity contribution in [2.24, 2.45) is 0 Å². The summed E-state index contributed by atoms with van der Waals surface area (Å²) in [6, 6.07) is 3.62. The fourth-order valence-corrected chi connectivity index (χ4v) is 1.35. The number of aromatic hydroxyl groups is 1. The molecule has 5 heteroatoms. The molecule has 5 nitrogen and oxygen atoms in total. The highest BCUT2D eigenvalue weighted by Crippen LogP contribution is 2.24. The molecule has 0 saturated carbocycles. The van der Waals surface area contributed by atoms with E-state index in [1.165, 1.54) is 12.1 Å². The van der Waals surface area contributed by atoms with Crippen molar-refractivity contribution >= 4 is 11.8 Å². The van der Waals surface area contributed by atoms with Crippen LogP contribution >= 0.6 is 0 Å². The molecule has 0 bridgehead atoms. The molecule has 0 radical (unpaired) electrons. The maximum absolute atomic E-state index is 11.5. The first-order valence-electron chi connectivity index (χ1n) is 4.74. The monoisotopic (exact) mass is 224 g/mol. The van der Waals surface area contributed by atoms with E-state index in [4.69, 9.17) is 5.11 Å². The third-order valence-electron chi connectivity index (χ3n) is 2.19. The SMILES string of the molecule is CCC(=O)c1cc(O)ccc1C(O)C(=O)O. The molecular weight excluding hydrogens is 212 g/mol. The molecule has 0 spiro atoms. The van der Waals surface area contributed by atoms with Crippen molar-refractivity contribution in [3.8, 4) is 5.75 Å². The van der Waals surface area contributed by atoms with Crippen molar-refractivity contribution in [3.05, 3.63) is 29.3 Å². The van der Waals surface area contributed by atoms with Crippen molar-refractivity contribution in [1.82, 2.24) is 0 Å². The molecule has 0 fully saturated rings. The lowest BCUT2D eigenvalue weighted by molar-refractivity contribution is -0.146. The zero-order chi connectivity index (χ0) is 12.3. The number of hydrogen-bond acceptors (Lipinski definition) is 4. The fraction of sp³-hybridized carbons (Fsp3) is 0.273. The lowest BCUT2D eigenvalue weighted by atomic mass is 9.97. The van der Waals surface area contributed by atoms with E-state index >= 15 is 0 Å². The predicted molar refractivity (Wildman–Crippen MR) is 55.3 cm³/mol. The minimum Gasteiger partial charge on any atom is -0.508 e. The van der Waals surface area contributed by atoms with E-state index in [1.807, 2.05) is 0 Å². The summed E-state index contributed by atoms with van der Waals surface area (Å²) in [7, 11) is 0. The smallest absolute Gasteiger partial charge is 0.337 e. The number of carbonyl (C=O) groups is 2. The van der Waals surface area contributed by atoms with Crippen LogP contribution in [0.1, 0.15) is 35.4 Å². The van der Waals surface area contributed by atoms with E-state index in [1.54, 1.807) is 6.92 Å². The summed E-state index contributed by atoms with van der Waals surface area (Å²) in [6.45, 7) is 1.61. The molecule has 0 aromatic heterocycles. The molecule has 0 aliphatic carbocycles. The summed E-state index contributed by atoms with van der Waals surface area (Å²) in [5.74, 6) is -1.90. The largest absolute Gasteiger partial charge is 0.508 e. The van der Waals surface area contributed by atoms with Crippen molar-refractivity contribution in [2.45, 2.75) is 19.4 Å². The zero-order valence-corrected chi connectivity index (χ0v) is 8.67. The maximum atomic E-state index is 11.5. The second-order valence-corrected chi connectivity index (χ2v) is 3.29. The minimum atomic E-state index is -1.76. The Morgan fingerprint density at radius 3 is 2.50 bits per heavy atom. The van der Waals surface area contributed by atoms with Gasteiger partial charge in [-0.15, -0.1) is 0 Å². The molecule has 0 saturated heterocycles. The summed E-state index contributed by atoms with van der Waals surface area (Å²) in [4.78, 5) is 22.1. The summed E-state index contributed by atoms with van der Waals surface area (Å²) in [6.07, 6.45) is -1.59. The van der Waals surface area contributed by atoms with Gasteiger partial charge in [0.15, 0.2) is 11.9 Å². The van der Waals surface area contributed by atoms with E-state index in [0.717, 1.165) is 6.07 Å². The Morgan fingerprint density at radius 2 is 2.00 bits per heavy atom. The molecule has 0 aliphatic heterocycles. The lowest BCUT2D eigenvalue weighted by Crippen LogP contribution is -2.14. The van der Waals surface area contributed by atoms with Crippen LogP contribution in [-0.2, 0) is 4.79 Å². The van der Waals surface area contributed by atoms with Crippen molar-refractivity contribution in [3.63, 3.8) is 0 Å². The Balaban J connectivity index is 3.27. The summed E-state index contributed by atoms with van der Waals surface area (Å²) in [5.41, 5.74) is 0.0366. The van der Waals surface area contributed by atoms with Crippen LogP contribution < -0.4 is 0 Å². The number of ketones is 1. The number of hydrogen-bond donors (Lipinski definition) is 3. The maximum Gasteiger partial charge on any atom is 0.337 e. The van der Waals surface area contributed by atoms with E-state index in [0.29, 0.717) is 0 Å². The van der Waals surface area contributed by atoms with Gasteiger partial charge < -0.3 is 15.3 Å². The molecule has 16 heavy (non-hydrogen) atoms. The van der Waals surface area contributed by atoms with Crippen LogP contribution in [0.4, 0.5) is 0 Å². The van der Waals surface area contributed by atoms with Gasteiger partial charge in [-0.2, -0.15) is 0 Å². The molecule has 1 atom stereocenters. The second kappa shape index (κ2) is 4.76. The van der Waals surface area contributed by atoms with Crippen LogP contribution in [0.3, 0.4) is 0 Å². The Labute approximate surface area is 92.0 Å². The van der Waals surface area contributed by atoms with Gasteiger partial charge in [0.25, 0.3) is 0 Å². The average Bonchev–Trinajstić information content (AvgIpc) is 2.26. The van der Waals surface area contributed by atoms with Crippen molar-refractivity contribution in [2.75, 3.05) is 0 Å².